The zero-order chi connectivity index (χ0) is 23.3. The number of phenols is 1. The van der Waals surface area contributed by atoms with E-state index in [1.807, 2.05) is 67.0 Å². The summed E-state index contributed by atoms with van der Waals surface area (Å²) in [7, 11) is 0. The Morgan fingerprint density at radius 2 is 1.74 bits per heavy atom. The van der Waals surface area contributed by atoms with Crippen LogP contribution in [0.5, 0.6) is 5.75 Å². The van der Waals surface area contributed by atoms with Crippen LogP contribution < -0.4 is 10.6 Å². The Balaban J connectivity index is 1.42. The molecule has 1 fully saturated rings. The minimum atomic E-state index is -0.0680. The minimum Gasteiger partial charge on any atom is -0.508 e. The van der Waals surface area contributed by atoms with Gasteiger partial charge in [0.25, 0.3) is 0 Å². The molecule has 4 aromatic rings. The number of rotatable bonds is 8. The Labute approximate surface area is 204 Å². The highest BCUT2D eigenvalue weighted by atomic mass is 32.1. The number of para-hydroxylation sites is 1. The lowest BCUT2D eigenvalue weighted by molar-refractivity contribution is 0.307. The van der Waals surface area contributed by atoms with Crippen LogP contribution in [0, 0.1) is 0 Å². The Hall–Kier alpha value is -3.84. The van der Waals surface area contributed by atoms with Crippen molar-refractivity contribution in [1.29, 1.82) is 0 Å². The van der Waals surface area contributed by atoms with E-state index in [0.717, 1.165) is 47.4 Å². The van der Waals surface area contributed by atoms with Crippen molar-refractivity contribution in [3.05, 3.63) is 109 Å². The summed E-state index contributed by atoms with van der Waals surface area (Å²) in [5.41, 5.74) is 4.18. The lowest BCUT2D eigenvalue weighted by atomic mass is 10.0. The molecule has 0 bridgehead atoms. The fourth-order valence-corrected chi connectivity index (χ4v) is 4.82. The van der Waals surface area contributed by atoms with Gasteiger partial charge in [-0.15, -0.1) is 0 Å². The predicted octanol–water partition coefficient (Wildman–Crippen LogP) is 5.05. The van der Waals surface area contributed by atoms with E-state index in [1.54, 1.807) is 12.1 Å². The van der Waals surface area contributed by atoms with Crippen LogP contribution in [-0.4, -0.2) is 37.8 Å². The first-order chi connectivity index (χ1) is 16.7. The lowest BCUT2D eigenvalue weighted by Gasteiger charge is -2.29. The van der Waals surface area contributed by atoms with Gasteiger partial charge in [-0.2, -0.15) is 0 Å². The van der Waals surface area contributed by atoms with Crippen LogP contribution in [0.25, 0.3) is 5.69 Å². The summed E-state index contributed by atoms with van der Waals surface area (Å²) < 4.78 is 2.16. The third-order valence-electron chi connectivity index (χ3n) is 6.09. The molecule has 34 heavy (non-hydrogen) atoms. The maximum atomic E-state index is 9.75. The fraction of sp³-hybridized carbons (Fsp3) is 0.185. The molecule has 172 valence electrons. The second kappa shape index (κ2) is 9.97. The van der Waals surface area contributed by atoms with Gasteiger partial charge in [0.1, 0.15) is 5.75 Å². The molecule has 1 aliphatic heterocycles. The Kier molecular flexibility index (Phi) is 6.44. The lowest BCUT2D eigenvalue weighted by Crippen LogP contribution is -2.32. The van der Waals surface area contributed by atoms with E-state index in [4.69, 9.17) is 12.2 Å². The normalized spacial score (nSPS) is 17.5. The molecule has 2 aromatic heterocycles. The maximum absolute atomic E-state index is 9.75. The molecule has 0 spiro atoms. The van der Waals surface area contributed by atoms with Gasteiger partial charge in [-0.3, -0.25) is 4.98 Å². The Morgan fingerprint density at radius 1 is 0.941 bits per heavy atom. The van der Waals surface area contributed by atoms with Gasteiger partial charge in [0, 0.05) is 42.6 Å². The SMILES string of the molecule is Oc1ccc(-n2cccc2[C@H]2[C@H](c3ccccn3)NC(=S)N2CCCNc2ccccc2)cc1. The number of hydrogen-bond acceptors (Lipinski definition) is 4. The molecule has 5 rings (SSSR count). The van der Waals surface area contributed by atoms with Gasteiger partial charge in [0.2, 0.25) is 0 Å². The highest BCUT2D eigenvalue weighted by molar-refractivity contribution is 7.80. The number of benzene rings is 2. The van der Waals surface area contributed by atoms with Crippen molar-refractivity contribution in [1.82, 2.24) is 19.8 Å². The summed E-state index contributed by atoms with van der Waals surface area (Å²) in [5.74, 6) is 0.250. The second-order valence-corrected chi connectivity index (χ2v) is 8.67. The molecule has 2 aromatic carbocycles. The van der Waals surface area contributed by atoms with Gasteiger partial charge in [0.05, 0.1) is 17.8 Å². The van der Waals surface area contributed by atoms with E-state index in [1.165, 1.54) is 0 Å². The number of pyridine rings is 1. The highest BCUT2D eigenvalue weighted by Gasteiger charge is 2.40. The number of anilines is 1. The van der Waals surface area contributed by atoms with Gasteiger partial charge in [-0.1, -0.05) is 24.3 Å². The predicted molar refractivity (Wildman–Crippen MR) is 139 cm³/mol. The molecule has 3 heterocycles. The zero-order valence-electron chi connectivity index (χ0n) is 18.7. The largest absolute Gasteiger partial charge is 0.508 e. The molecule has 0 saturated carbocycles. The van der Waals surface area contributed by atoms with Crippen molar-refractivity contribution in [2.45, 2.75) is 18.5 Å². The topological polar surface area (TPSA) is 65.3 Å². The maximum Gasteiger partial charge on any atom is 0.170 e. The third kappa shape index (κ3) is 4.61. The van der Waals surface area contributed by atoms with Crippen LogP contribution in [-0.2, 0) is 0 Å². The van der Waals surface area contributed by atoms with Gasteiger partial charge in [-0.05, 0) is 79.3 Å². The van der Waals surface area contributed by atoms with Crippen molar-refractivity contribution >= 4 is 23.0 Å². The number of phenolic OH excluding ortho intramolecular Hbond substituents is 1. The van der Waals surface area contributed by atoms with Crippen molar-refractivity contribution in [2.75, 3.05) is 18.4 Å². The summed E-state index contributed by atoms with van der Waals surface area (Å²) in [6.45, 7) is 1.66. The molecule has 0 aliphatic carbocycles. The molecular formula is C27H27N5OS. The summed E-state index contributed by atoms with van der Waals surface area (Å²) in [6, 6.07) is 27.6. The van der Waals surface area contributed by atoms with Crippen LogP contribution >= 0.6 is 12.2 Å². The van der Waals surface area contributed by atoms with Crippen molar-refractivity contribution < 1.29 is 5.11 Å². The molecule has 0 amide bonds. The van der Waals surface area contributed by atoms with Crippen molar-refractivity contribution in [2.24, 2.45) is 0 Å². The summed E-state index contributed by atoms with van der Waals surface area (Å²) in [6.07, 6.45) is 4.80. The summed E-state index contributed by atoms with van der Waals surface area (Å²) in [5, 5.41) is 17.5. The van der Waals surface area contributed by atoms with Crippen LogP contribution in [0.2, 0.25) is 0 Å². The van der Waals surface area contributed by atoms with Crippen LogP contribution in [0.3, 0.4) is 0 Å². The van der Waals surface area contributed by atoms with E-state index in [9.17, 15) is 5.11 Å². The van der Waals surface area contributed by atoms with E-state index < -0.39 is 0 Å². The molecule has 6 nitrogen and oxygen atoms in total. The first kappa shape index (κ1) is 22.0. The average Bonchev–Trinajstić information content (AvgIpc) is 3.48. The van der Waals surface area contributed by atoms with Crippen molar-refractivity contribution in [3.8, 4) is 11.4 Å². The van der Waals surface area contributed by atoms with Gasteiger partial charge < -0.3 is 25.2 Å². The van der Waals surface area contributed by atoms with Gasteiger partial charge in [0.15, 0.2) is 5.11 Å². The standard InChI is InChI=1S/C27H27N5OS/c33-22-14-12-21(13-15-22)31-18-6-11-24(31)26-25(23-10-4-5-16-29-23)30-27(34)32(26)19-7-17-28-20-8-2-1-3-9-20/h1-6,8-16,18,25-26,28,33H,7,17,19H2,(H,30,34)/t25-,26-/m0/s1. The highest BCUT2D eigenvalue weighted by Crippen LogP contribution is 2.39. The van der Waals surface area contributed by atoms with E-state index in [-0.39, 0.29) is 17.8 Å². The quantitative estimate of drug-likeness (QED) is 0.248. The number of thiocarbonyl (C=S) groups is 1. The summed E-state index contributed by atoms with van der Waals surface area (Å²) in [4.78, 5) is 6.91. The third-order valence-corrected chi connectivity index (χ3v) is 6.44. The zero-order valence-corrected chi connectivity index (χ0v) is 19.5. The molecule has 1 aliphatic rings. The monoisotopic (exact) mass is 469 g/mol. The fourth-order valence-electron chi connectivity index (χ4n) is 4.49. The molecule has 0 unspecified atom stereocenters. The first-order valence-electron chi connectivity index (χ1n) is 11.4. The number of aromatic nitrogens is 2. The van der Waals surface area contributed by atoms with Crippen LogP contribution in [0.4, 0.5) is 5.69 Å². The number of nitrogens with one attached hydrogen (secondary N) is 2. The average molecular weight is 470 g/mol. The number of nitrogens with zero attached hydrogens (tertiary/aromatic N) is 3. The van der Waals surface area contributed by atoms with E-state index in [0.29, 0.717) is 0 Å². The molecular weight excluding hydrogens is 442 g/mol. The molecule has 2 atom stereocenters. The summed E-state index contributed by atoms with van der Waals surface area (Å²) >= 11 is 5.81. The van der Waals surface area contributed by atoms with E-state index in [2.05, 4.69) is 43.3 Å². The Morgan fingerprint density at radius 3 is 2.50 bits per heavy atom. The second-order valence-electron chi connectivity index (χ2n) is 8.29. The van der Waals surface area contributed by atoms with E-state index >= 15 is 0 Å². The molecule has 3 N–H and O–H groups in total. The van der Waals surface area contributed by atoms with Crippen LogP contribution in [0.15, 0.2) is 97.3 Å². The van der Waals surface area contributed by atoms with Gasteiger partial charge >= 0.3 is 0 Å². The van der Waals surface area contributed by atoms with Gasteiger partial charge in [-0.25, -0.2) is 0 Å². The van der Waals surface area contributed by atoms with Crippen LogP contribution in [0.1, 0.15) is 29.9 Å². The molecule has 0 radical (unpaired) electrons. The smallest absolute Gasteiger partial charge is 0.170 e. The number of aromatic hydroxyl groups is 1. The minimum absolute atomic E-state index is 0.0251. The number of hydrogen-bond donors (Lipinski definition) is 3. The molecule has 7 heteroatoms. The Bertz CT molecular complexity index is 1230. The van der Waals surface area contributed by atoms with Crippen molar-refractivity contribution in [3.63, 3.8) is 0 Å². The first-order valence-corrected chi connectivity index (χ1v) is 11.9. The molecule has 1 saturated heterocycles.